The molecule has 0 radical (unpaired) electrons. The van der Waals surface area contributed by atoms with Gasteiger partial charge in [0.2, 0.25) is 0 Å². The number of nitrogens with one attached hydrogen (secondary N) is 2. The number of ether oxygens (including phenoxy) is 1. The lowest BCUT2D eigenvalue weighted by atomic mass is 9.40. The first-order valence-electron chi connectivity index (χ1n) is 11.8. The molecule has 206 valence electrons. The van der Waals surface area contributed by atoms with E-state index in [1.807, 2.05) is 0 Å². The number of halogens is 5. The largest absolute Gasteiger partial charge is 0.441 e. The number of hydrogen-bond donors (Lipinski definition) is 2. The summed E-state index contributed by atoms with van der Waals surface area (Å²) >= 11 is 6.03. The summed E-state index contributed by atoms with van der Waals surface area (Å²) in [5.41, 5.74) is -3.25. The molecular formula is C24H22ClF4N7O3. The highest BCUT2D eigenvalue weighted by Crippen LogP contribution is 2.67. The summed E-state index contributed by atoms with van der Waals surface area (Å²) in [7, 11) is 1.41. The molecule has 3 aromatic rings. The summed E-state index contributed by atoms with van der Waals surface area (Å²) in [4.78, 5) is 33.0. The third kappa shape index (κ3) is 4.88. The SMILES string of the molecule is C[C@@H](OC(=O)Nc1c(-c2ccc(C(=O)NC34CC(CF)(C3)C4)c(C(F)(F)F)n2)nnn1C)c1cccnc1Cl. The zero-order chi connectivity index (χ0) is 28.2. The van der Waals surface area contributed by atoms with E-state index in [1.54, 1.807) is 19.1 Å². The average Bonchev–Trinajstić information content (AvgIpc) is 3.19. The maximum Gasteiger partial charge on any atom is 0.434 e. The lowest BCUT2D eigenvalue weighted by Gasteiger charge is -2.69. The van der Waals surface area contributed by atoms with Crippen LogP contribution in [-0.4, -0.2) is 49.2 Å². The van der Waals surface area contributed by atoms with Gasteiger partial charge in [-0.05, 0) is 44.4 Å². The molecule has 0 aliphatic heterocycles. The Labute approximate surface area is 224 Å². The van der Waals surface area contributed by atoms with E-state index in [1.165, 1.54) is 19.3 Å². The summed E-state index contributed by atoms with van der Waals surface area (Å²) in [6.07, 6.45) is -4.08. The molecule has 6 rings (SSSR count). The number of nitrogens with zero attached hydrogens (tertiary/aromatic N) is 5. The first kappa shape index (κ1) is 26.8. The fourth-order valence-corrected chi connectivity index (χ4v) is 5.57. The predicted octanol–water partition coefficient (Wildman–Crippen LogP) is 4.88. The van der Waals surface area contributed by atoms with Gasteiger partial charge in [-0.3, -0.25) is 14.5 Å². The predicted molar refractivity (Wildman–Crippen MR) is 129 cm³/mol. The Kier molecular flexibility index (Phi) is 6.48. The van der Waals surface area contributed by atoms with E-state index >= 15 is 0 Å². The van der Waals surface area contributed by atoms with E-state index in [2.05, 4.69) is 30.9 Å². The van der Waals surface area contributed by atoms with Crippen LogP contribution in [0.25, 0.3) is 11.4 Å². The van der Waals surface area contributed by atoms with Gasteiger partial charge in [-0.15, -0.1) is 5.10 Å². The first-order chi connectivity index (χ1) is 18.4. The summed E-state index contributed by atoms with van der Waals surface area (Å²) in [5.74, 6) is -1.04. The van der Waals surface area contributed by atoms with Crippen molar-refractivity contribution in [2.24, 2.45) is 12.5 Å². The number of carbonyl (C=O) groups is 2. The molecule has 3 heterocycles. The van der Waals surface area contributed by atoms with Crippen LogP contribution >= 0.6 is 11.6 Å². The number of carbonyl (C=O) groups excluding carboxylic acids is 2. The van der Waals surface area contributed by atoms with Gasteiger partial charge in [0.05, 0.1) is 17.9 Å². The quantitative estimate of drug-likeness (QED) is 0.308. The zero-order valence-electron chi connectivity index (χ0n) is 20.6. The molecule has 3 saturated carbocycles. The second-order valence-electron chi connectivity index (χ2n) is 9.96. The van der Waals surface area contributed by atoms with Gasteiger partial charge >= 0.3 is 12.3 Å². The van der Waals surface area contributed by atoms with Gasteiger partial charge in [0.15, 0.2) is 17.2 Å². The van der Waals surface area contributed by atoms with Crippen LogP contribution in [0.1, 0.15) is 53.9 Å². The van der Waals surface area contributed by atoms with Crippen molar-refractivity contribution < 1.29 is 31.9 Å². The molecule has 0 saturated heterocycles. The molecule has 3 aliphatic rings. The number of amides is 2. The number of anilines is 1. The van der Waals surface area contributed by atoms with Crippen molar-refractivity contribution in [3.05, 3.63) is 52.4 Å². The maximum atomic E-state index is 14.0. The average molecular weight is 568 g/mol. The number of hydrogen-bond acceptors (Lipinski definition) is 7. The van der Waals surface area contributed by atoms with Gasteiger partial charge in [0, 0.05) is 29.8 Å². The second-order valence-corrected chi connectivity index (χ2v) is 10.3. The Hall–Kier alpha value is -3.81. The first-order valence-corrected chi connectivity index (χ1v) is 12.2. The van der Waals surface area contributed by atoms with Crippen LogP contribution in [0.15, 0.2) is 30.5 Å². The molecule has 2 bridgehead atoms. The van der Waals surface area contributed by atoms with Crippen molar-refractivity contribution in [3.8, 4) is 11.4 Å². The van der Waals surface area contributed by atoms with Crippen LogP contribution in [0.5, 0.6) is 0 Å². The fraction of sp³-hybridized carbons (Fsp3) is 0.417. The smallest absolute Gasteiger partial charge is 0.434 e. The molecule has 15 heteroatoms. The van der Waals surface area contributed by atoms with E-state index in [4.69, 9.17) is 16.3 Å². The second kappa shape index (κ2) is 9.43. The normalized spacial score (nSPS) is 22.3. The number of rotatable bonds is 7. The zero-order valence-corrected chi connectivity index (χ0v) is 21.4. The van der Waals surface area contributed by atoms with Crippen molar-refractivity contribution in [2.75, 3.05) is 12.0 Å². The molecule has 2 amide bonds. The summed E-state index contributed by atoms with van der Waals surface area (Å²) in [6.45, 7) is 1.04. The van der Waals surface area contributed by atoms with Gasteiger partial charge in [-0.2, -0.15) is 13.2 Å². The molecule has 3 aliphatic carbocycles. The molecule has 3 aromatic heterocycles. The molecule has 0 aromatic carbocycles. The summed E-state index contributed by atoms with van der Waals surface area (Å²) < 4.78 is 61.4. The molecular weight excluding hydrogens is 546 g/mol. The minimum absolute atomic E-state index is 0.0901. The van der Waals surface area contributed by atoms with E-state index in [-0.39, 0.29) is 22.4 Å². The highest BCUT2D eigenvalue weighted by molar-refractivity contribution is 6.30. The highest BCUT2D eigenvalue weighted by atomic mass is 35.5. The van der Waals surface area contributed by atoms with Gasteiger partial charge in [-0.25, -0.2) is 19.4 Å². The minimum Gasteiger partial charge on any atom is -0.441 e. The van der Waals surface area contributed by atoms with Gasteiger partial charge in [0.1, 0.15) is 11.3 Å². The molecule has 2 N–H and O–H groups in total. The standard InChI is InChI=1S/C24H22ClF4N7O3/c1-12(13-4-3-7-30-18(13)25)39-21(38)32-19-16(34-35-36(19)2)15-6-5-14(17(31-15)24(27,28)29)20(37)33-23-8-22(9-23,10-23)11-26/h3-7,12H,8-11H2,1-2H3,(H,32,38)(H,33,37)/t12-,22?,23?/m1/s1. The van der Waals surface area contributed by atoms with E-state index in [9.17, 15) is 27.2 Å². The monoisotopic (exact) mass is 567 g/mol. The van der Waals surface area contributed by atoms with Crippen molar-refractivity contribution in [2.45, 2.75) is 44.0 Å². The van der Waals surface area contributed by atoms with Crippen LogP contribution in [0.2, 0.25) is 5.15 Å². The number of alkyl halides is 4. The van der Waals surface area contributed by atoms with Crippen LogP contribution in [-0.2, 0) is 18.0 Å². The number of pyridine rings is 2. The van der Waals surface area contributed by atoms with Crippen molar-refractivity contribution >= 4 is 29.4 Å². The Morgan fingerprint density at radius 2 is 1.95 bits per heavy atom. The Morgan fingerprint density at radius 3 is 2.59 bits per heavy atom. The van der Waals surface area contributed by atoms with Gasteiger partial charge in [-0.1, -0.05) is 22.9 Å². The van der Waals surface area contributed by atoms with Crippen LogP contribution in [0.4, 0.5) is 28.2 Å². The minimum atomic E-state index is -4.98. The van der Waals surface area contributed by atoms with Crippen LogP contribution in [0, 0.1) is 5.41 Å². The van der Waals surface area contributed by atoms with E-state index < -0.39 is 53.2 Å². The van der Waals surface area contributed by atoms with E-state index in [0.29, 0.717) is 24.8 Å². The molecule has 3 fully saturated rings. The maximum absolute atomic E-state index is 14.0. The molecule has 1 atom stereocenters. The number of aromatic nitrogens is 5. The number of aryl methyl sites for hydroxylation is 1. The Balaban J connectivity index is 1.37. The Morgan fingerprint density at radius 1 is 1.23 bits per heavy atom. The summed E-state index contributed by atoms with van der Waals surface area (Å²) in [5, 5.41) is 12.8. The van der Waals surface area contributed by atoms with Crippen LogP contribution in [0.3, 0.4) is 0 Å². The molecule has 10 nitrogen and oxygen atoms in total. The lowest BCUT2D eigenvalue weighted by molar-refractivity contribution is -0.158. The van der Waals surface area contributed by atoms with Crippen LogP contribution < -0.4 is 10.6 Å². The van der Waals surface area contributed by atoms with E-state index in [0.717, 1.165) is 10.7 Å². The highest BCUT2D eigenvalue weighted by Gasteiger charge is 2.68. The third-order valence-electron chi connectivity index (χ3n) is 7.01. The van der Waals surface area contributed by atoms with Gasteiger partial charge in [0.25, 0.3) is 5.91 Å². The van der Waals surface area contributed by atoms with Crippen molar-refractivity contribution in [3.63, 3.8) is 0 Å². The fourth-order valence-electron chi connectivity index (χ4n) is 5.29. The topological polar surface area (TPSA) is 124 Å². The van der Waals surface area contributed by atoms with Gasteiger partial charge < -0.3 is 10.1 Å². The molecule has 0 spiro atoms. The lowest BCUT2D eigenvalue weighted by Crippen LogP contribution is -2.75. The third-order valence-corrected chi connectivity index (χ3v) is 7.33. The van der Waals surface area contributed by atoms with Crippen molar-refractivity contribution in [1.82, 2.24) is 30.3 Å². The summed E-state index contributed by atoms with van der Waals surface area (Å²) in [6, 6.07) is 5.40. The molecule has 0 unspecified atom stereocenters. The Bertz CT molecular complexity index is 1440. The van der Waals surface area contributed by atoms with Crippen molar-refractivity contribution in [1.29, 1.82) is 0 Å². The molecule has 39 heavy (non-hydrogen) atoms.